The predicted molar refractivity (Wildman–Crippen MR) is 80.7 cm³/mol. The van der Waals surface area contributed by atoms with Crippen molar-refractivity contribution in [2.75, 3.05) is 53.4 Å². The van der Waals surface area contributed by atoms with Crippen LogP contribution in [0.4, 0.5) is 0 Å². The molecule has 0 radical (unpaired) electrons. The molecule has 0 unspecified atom stereocenters. The molecular formula is C12H23N5O3S. The predicted octanol–water partition coefficient (Wildman–Crippen LogP) is -1.06. The fourth-order valence-corrected chi connectivity index (χ4v) is 3.50. The summed E-state index contributed by atoms with van der Waals surface area (Å²) in [6.45, 7) is 2.90. The van der Waals surface area contributed by atoms with Crippen molar-refractivity contribution in [2.45, 2.75) is 6.42 Å². The molecule has 0 atom stereocenters. The average molecular weight is 317 g/mol. The van der Waals surface area contributed by atoms with E-state index in [0.717, 1.165) is 5.84 Å². The monoisotopic (exact) mass is 317 g/mol. The summed E-state index contributed by atoms with van der Waals surface area (Å²) < 4.78 is 26.9. The largest absolute Gasteiger partial charge is 0.396 e. The Balaban J connectivity index is 1.98. The maximum Gasteiger partial charge on any atom is 0.281 e. The summed E-state index contributed by atoms with van der Waals surface area (Å²) in [5.41, 5.74) is 0. The van der Waals surface area contributed by atoms with Gasteiger partial charge in [0.2, 0.25) is 0 Å². The molecule has 9 heteroatoms. The normalized spacial score (nSPS) is 21.9. The quantitative estimate of drug-likeness (QED) is 0.699. The lowest BCUT2D eigenvalue weighted by Crippen LogP contribution is -2.58. The van der Waals surface area contributed by atoms with Crippen molar-refractivity contribution >= 4 is 16.0 Å². The third-order valence-electron chi connectivity index (χ3n) is 3.58. The minimum Gasteiger partial charge on any atom is -0.396 e. The van der Waals surface area contributed by atoms with Gasteiger partial charge in [-0.1, -0.05) is 0 Å². The van der Waals surface area contributed by atoms with Crippen LogP contribution in [0.25, 0.3) is 0 Å². The van der Waals surface area contributed by atoms with E-state index in [1.54, 1.807) is 20.3 Å². The van der Waals surface area contributed by atoms with Crippen LogP contribution in [0.2, 0.25) is 0 Å². The molecule has 2 rings (SSSR count). The first kappa shape index (κ1) is 16.4. The summed E-state index contributed by atoms with van der Waals surface area (Å²) in [6.07, 6.45) is 4.19. The molecule has 0 aliphatic carbocycles. The lowest BCUT2D eigenvalue weighted by atomic mass is 10.3. The molecule has 0 amide bonds. The standard InChI is InChI=1S/C12H23N5O3S/c1-14(2)21(19,20)16-9-7-15(8-10-16)17-6-3-5-13-12(17)4-11-18/h3,5,18H,4,6-11H2,1-2H3. The summed E-state index contributed by atoms with van der Waals surface area (Å²) in [7, 11) is -0.251. The number of aliphatic hydroxyl groups is 1. The van der Waals surface area contributed by atoms with Gasteiger partial charge in [-0.2, -0.15) is 17.0 Å². The minimum atomic E-state index is -3.34. The molecule has 2 heterocycles. The van der Waals surface area contributed by atoms with E-state index < -0.39 is 10.2 Å². The number of hydrogen-bond acceptors (Lipinski definition) is 6. The maximum absolute atomic E-state index is 12.1. The highest BCUT2D eigenvalue weighted by Crippen LogP contribution is 2.14. The molecular weight excluding hydrogens is 294 g/mol. The number of aliphatic imine (C=N–C) groups is 1. The molecule has 0 saturated carbocycles. The van der Waals surface area contributed by atoms with Gasteiger partial charge in [-0.05, 0) is 6.08 Å². The molecule has 2 aliphatic heterocycles. The molecule has 21 heavy (non-hydrogen) atoms. The molecule has 0 spiro atoms. The summed E-state index contributed by atoms with van der Waals surface area (Å²) >= 11 is 0. The Morgan fingerprint density at radius 3 is 2.52 bits per heavy atom. The lowest BCUT2D eigenvalue weighted by molar-refractivity contribution is 0.0189. The molecule has 8 nitrogen and oxygen atoms in total. The fourth-order valence-electron chi connectivity index (χ4n) is 2.41. The smallest absolute Gasteiger partial charge is 0.281 e. The second-order valence-corrected chi connectivity index (χ2v) is 7.27. The summed E-state index contributed by atoms with van der Waals surface area (Å²) in [4.78, 5) is 4.29. The van der Waals surface area contributed by atoms with Crippen LogP contribution in [-0.4, -0.2) is 91.4 Å². The first-order valence-electron chi connectivity index (χ1n) is 6.99. The van der Waals surface area contributed by atoms with Crippen molar-refractivity contribution in [1.82, 2.24) is 18.6 Å². The maximum atomic E-state index is 12.1. The number of nitrogens with zero attached hydrogens (tertiary/aromatic N) is 5. The van der Waals surface area contributed by atoms with Gasteiger partial charge >= 0.3 is 0 Å². The van der Waals surface area contributed by atoms with Crippen molar-refractivity contribution in [3.05, 3.63) is 12.3 Å². The first-order valence-corrected chi connectivity index (χ1v) is 8.39. The zero-order valence-electron chi connectivity index (χ0n) is 12.5. The van der Waals surface area contributed by atoms with Crippen molar-refractivity contribution in [2.24, 2.45) is 4.99 Å². The zero-order chi connectivity index (χ0) is 15.5. The summed E-state index contributed by atoms with van der Waals surface area (Å²) in [5.74, 6) is 0.823. The highest BCUT2D eigenvalue weighted by atomic mass is 32.2. The molecule has 0 aromatic heterocycles. The van der Waals surface area contributed by atoms with Crippen LogP contribution in [0.15, 0.2) is 17.3 Å². The zero-order valence-corrected chi connectivity index (χ0v) is 13.3. The Bertz CT molecular complexity index is 509. The van der Waals surface area contributed by atoms with E-state index in [1.165, 1.54) is 8.61 Å². The van der Waals surface area contributed by atoms with Gasteiger partial charge in [-0.3, -0.25) is 5.01 Å². The number of piperazine rings is 1. The molecule has 2 aliphatic rings. The molecule has 0 aromatic rings. The van der Waals surface area contributed by atoms with E-state index in [2.05, 4.69) is 10.0 Å². The van der Waals surface area contributed by atoms with E-state index in [1.807, 2.05) is 11.1 Å². The van der Waals surface area contributed by atoms with Crippen LogP contribution in [0.1, 0.15) is 6.42 Å². The van der Waals surface area contributed by atoms with Crippen LogP contribution in [0.5, 0.6) is 0 Å². The topological polar surface area (TPSA) is 79.7 Å². The second-order valence-electron chi connectivity index (χ2n) is 5.13. The SMILES string of the molecule is CN(C)S(=O)(=O)N1CCN(N2CC=CN=C2CCO)CC1. The molecule has 0 aromatic carbocycles. The van der Waals surface area contributed by atoms with E-state index in [-0.39, 0.29) is 6.61 Å². The Labute approximate surface area is 126 Å². The van der Waals surface area contributed by atoms with Crippen LogP contribution < -0.4 is 0 Å². The molecule has 1 N–H and O–H groups in total. The lowest BCUT2D eigenvalue weighted by Gasteiger charge is -2.42. The van der Waals surface area contributed by atoms with Gasteiger partial charge in [0, 0.05) is 52.9 Å². The average Bonchev–Trinajstić information content (AvgIpc) is 2.48. The first-order chi connectivity index (χ1) is 9.96. The van der Waals surface area contributed by atoms with Crippen molar-refractivity contribution in [1.29, 1.82) is 0 Å². The van der Waals surface area contributed by atoms with E-state index in [0.29, 0.717) is 39.1 Å². The highest BCUT2D eigenvalue weighted by Gasteiger charge is 2.31. The van der Waals surface area contributed by atoms with E-state index in [4.69, 9.17) is 5.11 Å². The van der Waals surface area contributed by atoms with E-state index in [9.17, 15) is 8.42 Å². The third-order valence-corrected chi connectivity index (χ3v) is 5.53. The number of rotatable bonds is 5. The molecule has 1 fully saturated rings. The van der Waals surface area contributed by atoms with Crippen molar-refractivity contribution < 1.29 is 13.5 Å². The van der Waals surface area contributed by atoms with Crippen LogP contribution in [0.3, 0.4) is 0 Å². The highest BCUT2D eigenvalue weighted by molar-refractivity contribution is 7.86. The van der Waals surface area contributed by atoms with Gasteiger partial charge in [0.15, 0.2) is 0 Å². The van der Waals surface area contributed by atoms with Gasteiger partial charge in [-0.25, -0.2) is 10.0 Å². The van der Waals surface area contributed by atoms with Crippen LogP contribution >= 0.6 is 0 Å². The van der Waals surface area contributed by atoms with Gasteiger partial charge in [0.25, 0.3) is 10.2 Å². The third kappa shape index (κ3) is 3.61. The summed E-state index contributed by atoms with van der Waals surface area (Å²) in [6, 6.07) is 0. The molecule has 0 bridgehead atoms. The Morgan fingerprint density at radius 1 is 1.29 bits per heavy atom. The Hall–Kier alpha value is -1.00. The second kappa shape index (κ2) is 6.84. The van der Waals surface area contributed by atoms with Crippen LogP contribution in [0, 0.1) is 0 Å². The van der Waals surface area contributed by atoms with Crippen LogP contribution in [-0.2, 0) is 10.2 Å². The molecule has 1 saturated heterocycles. The van der Waals surface area contributed by atoms with Gasteiger partial charge in [-0.15, -0.1) is 0 Å². The summed E-state index contributed by atoms with van der Waals surface area (Å²) in [5, 5.41) is 13.2. The van der Waals surface area contributed by atoms with E-state index >= 15 is 0 Å². The van der Waals surface area contributed by atoms with Gasteiger partial charge in [0.1, 0.15) is 5.84 Å². The molecule has 120 valence electrons. The van der Waals surface area contributed by atoms with Gasteiger partial charge < -0.3 is 5.11 Å². The van der Waals surface area contributed by atoms with Crippen molar-refractivity contribution in [3.8, 4) is 0 Å². The van der Waals surface area contributed by atoms with Gasteiger partial charge in [0.05, 0.1) is 13.2 Å². The number of aliphatic hydroxyl groups excluding tert-OH is 1. The van der Waals surface area contributed by atoms with Crippen molar-refractivity contribution in [3.63, 3.8) is 0 Å². The fraction of sp³-hybridized carbons (Fsp3) is 0.750. The Morgan fingerprint density at radius 2 is 1.95 bits per heavy atom. The number of amidine groups is 1. The number of hydrazine groups is 1. The minimum absolute atomic E-state index is 0.0537. The Kier molecular flexibility index (Phi) is 5.33. The number of hydrogen-bond donors (Lipinski definition) is 1.